The van der Waals surface area contributed by atoms with Crippen LogP contribution in [-0.2, 0) is 11.2 Å². The number of anilines is 1. The zero-order valence-corrected chi connectivity index (χ0v) is 18.8. The van der Waals surface area contributed by atoms with Crippen molar-refractivity contribution in [3.8, 4) is 5.75 Å². The maximum absolute atomic E-state index is 12.6. The zero-order valence-electron chi connectivity index (χ0n) is 18.0. The van der Waals surface area contributed by atoms with Crippen LogP contribution in [0.4, 0.5) is 5.69 Å². The standard InChI is InChI=1S/C26H24N2O3S/c1-17-3-5-18(6-4-17)13-14-27-25(29)20-9-12-23-22(16-20)28-26(30)24(32-23)15-19-7-10-21(31-2)11-8-19/h3-12,15-16H,13-14H2,1-2H3,(H,27,29)(H,28,30)/b24-15+. The predicted molar refractivity (Wildman–Crippen MR) is 129 cm³/mol. The summed E-state index contributed by atoms with van der Waals surface area (Å²) in [6, 6.07) is 21.2. The minimum absolute atomic E-state index is 0.154. The Hall–Kier alpha value is -3.51. The SMILES string of the molecule is COc1ccc(/C=C2/Sc3ccc(C(=O)NCCc4ccc(C)cc4)cc3NC2=O)cc1. The third-order valence-electron chi connectivity index (χ3n) is 5.17. The number of fused-ring (bicyclic) bond motifs is 1. The first-order valence-electron chi connectivity index (χ1n) is 10.3. The van der Waals surface area contributed by atoms with Gasteiger partial charge in [-0.25, -0.2) is 0 Å². The molecule has 2 N–H and O–H groups in total. The normalized spacial score (nSPS) is 13.9. The van der Waals surface area contributed by atoms with E-state index in [1.807, 2.05) is 36.4 Å². The number of hydrogen-bond acceptors (Lipinski definition) is 4. The molecule has 3 aromatic rings. The second-order valence-electron chi connectivity index (χ2n) is 7.54. The Morgan fingerprint density at radius 3 is 2.53 bits per heavy atom. The third kappa shape index (κ3) is 5.21. The van der Waals surface area contributed by atoms with Crippen molar-refractivity contribution >= 4 is 35.3 Å². The van der Waals surface area contributed by atoms with Crippen molar-refractivity contribution in [2.24, 2.45) is 0 Å². The maximum atomic E-state index is 12.6. The van der Waals surface area contributed by atoms with Crippen LogP contribution in [-0.4, -0.2) is 25.5 Å². The van der Waals surface area contributed by atoms with Gasteiger partial charge in [-0.15, -0.1) is 0 Å². The lowest BCUT2D eigenvalue weighted by molar-refractivity contribution is -0.112. The summed E-state index contributed by atoms with van der Waals surface area (Å²) in [5.41, 5.74) is 4.49. The number of amides is 2. The van der Waals surface area contributed by atoms with Crippen LogP contribution >= 0.6 is 11.8 Å². The average Bonchev–Trinajstić information content (AvgIpc) is 2.81. The van der Waals surface area contributed by atoms with E-state index in [9.17, 15) is 9.59 Å². The Balaban J connectivity index is 1.40. The Morgan fingerprint density at radius 2 is 1.81 bits per heavy atom. The van der Waals surface area contributed by atoms with Gasteiger partial charge in [0.2, 0.25) is 0 Å². The summed E-state index contributed by atoms with van der Waals surface area (Å²) in [6.45, 7) is 2.60. The first-order chi connectivity index (χ1) is 15.5. The van der Waals surface area contributed by atoms with Crippen molar-refractivity contribution in [2.45, 2.75) is 18.2 Å². The molecule has 6 heteroatoms. The number of carbonyl (C=O) groups excluding carboxylic acids is 2. The summed E-state index contributed by atoms with van der Waals surface area (Å²) in [6.07, 6.45) is 2.61. The maximum Gasteiger partial charge on any atom is 0.262 e. The molecule has 3 aromatic carbocycles. The van der Waals surface area contributed by atoms with Crippen LogP contribution in [0.3, 0.4) is 0 Å². The molecule has 0 radical (unpaired) electrons. The Kier molecular flexibility index (Phi) is 6.61. The van der Waals surface area contributed by atoms with Gasteiger partial charge in [0.25, 0.3) is 11.8 Å². The van der Waals surface area contributed by atoms with Gasteiger partial charge in [0, 0.05) is 17.0 Å². The molecule has 0 atom stereocenters. The summed E-state index contributed by atoms with van der Waals surface area (Å²) in [5.74, 6) is 0.428. The molecule has 1 aliphatic rings. The molecule has 2 amide bonds. The fraction of sp³-hybridized carbons (Fsp3) is 0.154. The number of rotatable bonds is 6. The summed E-state index contributed by atoms with van der Waals surface area (Å²) in [5, 5.41) is 5.85. The first-order valence-corrected chi connectivity index (χ1v) is 11.2. The first kappa shape index (κ1) is 21.7. The van der Waals surface area contributed by atoms with Gasteiger partial charge < -0.3 is 15.4 Å². The highest BCUT2D eigenvalue weighted by molar-refractivity contribution is 8.04. The van der Waals surface area contributed by atoms with Crippen LogP contribution in [0, 0.1) is 6.92 Å². The highest BCUT2D eigenvalue weighted by Gasteiger charge is 2.22. The molecule has 0 saturated carbocycles. The molecule has 0 unspecified atom stereocenters. The van der Waals surface area contributed by atoms with Gasteiger partial charge in [0.15, 0.2) is 0 Å². The largest absolute Gasteiger partial charge is 0.497 e. The number of thioether (sulfide) groups is 1. The number of carbonyl (C=O) groups is 2. The van der Waals surface area contributed by atoms with Crippen molar-refractivity contribution < 1.29 is 14.3 Å². The van der Waals surface area contributed by atoms with Crippen molar-refractivity contribution in [1.82, 2.24) is 5.32 Å². The van der Waals surface area contributed by atoms with E-state index in [1.165, 1.54) is 22.9 Å². The number of methoxy groups -OCH3 is 1. The van der Waals surface area contributed by atoms with Crippen molar-refractivity contribution in [3.05, 3.63) is 93.9 Å². The number of nitrogens with one attached hydrogen (secondary N) is 2. The number of hydrogen-bond donors (Lipinski definition) is 2. The Morgan fingerprint density at radius 1 is 1.06 bits per heavy atom. The molecular weight excluding hydrogens is 420 g/mol. The lowest BCUT2D eigenvalue weighted by Crippen LogP contribution is -2.26. The van der Waals surface area contributed by atoms with E-state index in [-0.39, 0.29) is 11.8 Å². The second kappa shape index (κ2) is 9.75. The smallest absolute Gasteiger partial charge is 0.262 e. The number of benzene rings is 3. The third-order valence-corrected chi connectivity index (χ3v) is 6.27. The van der Waals surface area contributed by atoms with E-state index in [0.717, 1.165) is 22.6 Å². The quantitative estimate of drug-likeness (QED) is 0.522. The number of aryl methyl sites for hydroxylation is 1. The molecule has 5 nitrogen and oxygen atoms in total. The van der Waals surface area contributed by atoms with E-state index in [0.29, 0.717) is 22.7 Å². The molecule has 32 heavy (non-hydrogen) atoms. The van der Waals surface area contributed by atoms with E-state index in [1.54, 1.807) is 19.2 Å². The highest BCUT2D eigenvalue weighted by atomic mass is 32.2. The van der Waals surface area contributed by atoms with E-state index < -0.39 is 0 Å². The molecule has 0 saturated heterocycles. The molecule has 0 spiro atoms. The Bertz CT molecular complexity index is 1170. The van der Waals surface area contributed by atoms with Gasteiger partial charge in [0.1, 0.15) is 5.75 Å². The van der Waals surface area contributed by atoms with Crippen molar-refractivity contribution in [3.63, 3.8) is 0 Å². The van der Waals surface area contributed by atoms with Crippen molar-refractivity contribution in [1.29, 1.82) is 0 Å². The average molecular weight is 445 g/mol. The van der Waals surface area contributed by atoms with E-state index in [2.05, 4.69) is 41.8 Å². The summed E-state index contributed by atoms with van der Waals surface area (Å²) in [4.78, 5) is 26.7. The number of ether oxygens (including phenoxy) is 1. The highest BCUT2D eigenvalue weighted by Crippen LogP contribution is 2.39. The summed E-state index contributed by atoms with van der Waals surface area (Å²) in [7, 11) is 1.62. The van der Waals surface area contributed by atoms with Gasteiger partial charge >= 0.3 is 0 Å². The molecule has 0 aromatic heterocycles. The molecule has 1 aliphatic heterocycles. The fourth-order valence-electron chi connectivity index (χ4n) is 3.33. The molecule has 4 rings (SSSR count). The lowest BCUT2D eigenvalue weighted by Gasteiger charge is -2.19. The molecule has 0 fully saturated rings. The van der Waals surface area contributed by atoms with Crippen LogP contribution < -0.4 is 15.4 Å². The topological polar surface area (TPSA) is 67.4 Å². The van der Waals surface area contributed by atoms with Gasteiger partial charge in [-0.05, 0) is 60.9 Å². The minimum Gasteiger partial charge on any atom is -0.497 e. The second-order valence-corrected chi connectivity index (χ2v) is 8.62. The van der Waals surface area contributed by atoms with Crippen LogP contribution in [0.1, 0.15) is 27.0 Å². The molecule has 1 heterocycles. The van der Waals surface area contributed by atoms with Crippen LogP contribution in [0.15, 0.2) is 76.5 Å². The predicted octanol–water partition coefficient (Wildman–Crippen LogP) is 5.06. The monoisotopic (exact) mass is 444 g/mol. The van der Waals surface area contributed by atoms with Gasteiger partial charge in [0.05, 0.1) is 17.7 Å². The summed E-state index contributed by atoms with van der Waals surface area (Å²) < 4.78 is 5.17. The fourth-order valence-corrected chi connectivity index (χ4v) is 4.26. The van der Waals surface area contributed by atoms with E-state index >= 15 is 0 Å². The molecule has 0 aliphatic carbocycles. The minimum atomic E-state index is -0.185. The molecule has 0 bridgehead atoms. The molecule has 162 valence electrons. The van der Waals surface area contributed by atoms with Gasteiger partial charge in [-0.3, -0.25) is 9.59 Å². The zero-order chi connectivity index (χ0) is 22.5. The summed E-state index contributed by atoms with van der Waals surface area (Å²) >= 11 is 1.39. The lowest BCUT2D eigenvalue weighted by atomic mass is 10.1. The van der Waals surface area contributed by atoms with Crippen LogP contribution in [0.5, 0.6) is 5.75 Å². The Labute approximate surface area is 191 Å². The van der Waals surface area contributed by atoms with Crippen molar-refractivity contribution in [2.75, 3.05) is 19.0 Å². The van der Waals surface area contributed by atoms with Crippen LogP contribution in [0.2, 0.25) is 0 Å². The van der Waals surface area contributed by atoms with Crippen LogP contribution in [0.25, 0.3) is 6.08 Å². The van der Waals surface area contributed by atoms with Gasteiger partial charge in [-0.1, -0.05) is 53.7 Å². The molecular formula is C26H24N2O3S. The van der Waals surface area contributed by atoms with E-state index in [4.69, 9.17) is 4.74 Å². The van der Waals surface area contributed by atoms with Gasteiger partial charge in [-0.2, -0.15) is 0 Å².